The van der Waals surface area contributed by atoms with Gasteiger partial charge in [-0.15, -0.1) is 0 Å². The summed E-state index contributed by atoms with van der Waals surface area (Å²) >= 11 is 0. The van der Waals surface area contributed by atoms with Gasteiger partial charge in [0.1, 0.15) is 12.4 Å². The highest BCUT2D eigenvalue weighted by Crippen LogP contribution is 2.03. The van der Waals surface area contributed by atoms with Crippen LogP contribution in [0.25, 0.3) is 0 Å². The van der Waals surface area contributed by atoms with Gasteiger partial charge in [-0.05, 0) is 12.6 Å². The van der Waals surface area contributed by atoms with Gasteiger partial charge >= 0.3 is 0 Å². The number of hydrogen-bond donors (Lipinski definition) is 1. The molecule has 0 atom stereocenters. The summed E-state index contributed by atoms with van der Waals surface area (Å²) in [4.78, 5) is 16.2. The summed E-state index contributed by atoms with van der Waals surface area (Å²) < 4.78 is 1.59. The molecular weight excluding hydrogens is 218 g/mol. The number of aromatic nitrogens is 2. The zero-order valence-corrected chi connectivity index (χ0v) is 10.2. The number of carbonyl (C=O) groups excluding carboxylic acids is 1. The first-order valence-electron chi connectivity index (χ1n) is 5.98. The maximum absolute atomic E-state index is 12.0. The number of anilines is 1. The zero-order chi connectivity index (χ0) is 12.3. The van der Waals surface area contributed by atoms with Crippen LogP contribution < -0.4 is 5.73 Å². The SMILES string of the molecule is CCN1CCN(C(=O)Cn2ccc(N)n2)CC1. The van der Waals surface area contributed by atoms with E-state index in [0.717, 1.165) is 32.7 Å². The Bertz CT molecular complexity index is 381. The van der Waals surface area contributed by atoms with Gasteiger partial charge in [0, 0.05) is 32.4 Å². The van der Waals surface area contributed by atoms with Crippen LogP contribution in [0.5, 0.6) is 0 Å². The van der Waals surface area contributed by atoms with Crippen molar-refractivity contribution in [2.45, 2.75) is 13.5 Å². The standard InChI is InChI=1S/C11H19N5O/c1-2-14-5-7-15(8-6-14)11(17)9-16-4-3-10(12)13-16/h3-4H,2,5-9H2,1H3,(H2,12,13). The molecule has 0 bridgehead atoms. The number of likely N-dealkylation sites (N-methyl/N-ethyl adjacent to an activating group) is 1. The van der Waals surface area contributed by atoms with Gasteiger partial charge in [0.05, 0.1) is 0 Å². The van der Waals surface area contributed by atoms with Crippen LogP contribution in [0.1, 0.15) is 6.92 Å². The molecule has 1 saturated heterocycles. The highest BCUT2D eigenvalue weighted by molar-refractivity contribution is 5.76. The Morgan fingerprint density at radius 2 is 2.12 bits per heavy atom. The van der Waals surface area contributed by atoms with Gasteiger partial charge < -0.3 is 15.5 Å². The third-order valence-corrected chi connectivity index (χ3v) is 3.13. The molecule has 6 nitrogen and oxygen atoms in total. The summed E-state index contributed by atoms with van der Waals surface area (Å²) in [6, 6.07) is 1.70. The molecule has 2 rings (SSSR count). The monoisotopic (exact) mass is 237 g/mol. The fourth-order valence-electron chi connectivity index (χ4n) is 2.02. The third-order valence-electron chi connectivity index (χ3n) is 3.13. The number of nitrogen functional groups attached to an aromatic ring is 1. The Kier molecular flexibility index (Phi) is 3.63. The summed E-state index contributed by atoms with van der Waals surface area (Å²) in [7, 11) is 0. The van der Waals surface area contributed by atoms with Gasteiger partial charge in [0.15, 0.2) is 0 Å². The van der Waals surface area contributed by atoms with E-state index in [1.807, 2.05) is 4.90 Å². The molecule has 0 aromatic carbocycles. The fourth-order valence-corrected chi connectivity index (χ4v) is 2.02. The second-order valence-corrected chi connectivity index (χ2v) is 4.25. The molecule has 0 spiro atoms. The Balaban J connectivity index is 1.85. The fraction of sp³-hybridized carbons (Fsp3) is 0.636. The molecule has 2 heterocycles. The van der Waals surface area contributed by atoms with Crippen molar-refractivity contribution in [2.24, 2.45) is 0 Å². The molecule has 2 N–H and O–H groups in total. The number of carbonyl (C=O) groups is 1. The summed E-state index contributed by atoms with van der Waals surface area (Å²) in [5.74, 6) is 0.567. The van der Waals surface area contributed by atoms with E-state index >= 15 is 0 Å². The molecule has 1 aliphatic heterocycles. The van der Waals surface area contributed by atoms with Gasteiger partial charge in [-0.3, -0.25) is 9.48 Å². The van der Waals surface area contributed by atoms with Crippen LogP contribution in [0.2, 0.25) is 0 Å². The van der Waals surface area contributed by atoms with E-state index in [1.165, 1.54) is 0 Å². The largest absolute Gasteiger partial charge is 0.382 e. The predicted octanol–water partition coefficient (Wildman–Crippen LogP) is -0.371. The molecule has 0 saturated carbocycles. The van der Waals surface area contributed by atoms with E-state index in [4.69, 9.17) is 5.73 Å². The molecule has 0 aliphatic carbocycles. The first kappa shape index (κ1) is 11.9. The average molecular weight is 237 g/mol. The molecule has 1 amide bonds. The minimum atomic E-state index is 0.115. The molecule has 6 heteroatoms. The van der Waals surface area contributed by atoms with Crippen LogP contribution in [0.4, 0.5) is 5.82 Å². The normalized spacial score (nSPS) is 17.4. The van der Waals surface area contributed by atoms with Crippen molar-refractivity contribution in [3.63, 3.8) is 0 Å². The first-order valence-corrected chi connectivity index (χ1v) is 5.98. The number of nitrogens with zero attached hydrogens (tertiary/aromatic N) is 4. The number of amides is 1. The second-order valence-electron chi connectivity index (χ2n) is 4.25. The van der Waals surface area contributed by atoms with Crippen LogP contribution >= 0.6 is 0 Å². The molecule has 0 unspecified atom stereocenters. The van der Waals surface area contributed by atoms with E-state index < -0.39 is 0 Å². The van der Waals surface area contributed by atoms with E-state index in [1.54, 1.807) is 16.9 Å². The van der Waals surface area contributed by atoms with Crippen molar-refractivity contribution < 1.29 is 4.79 Å². The predicted molar refractivity (Wildman–Crippen MR) is 65.3 cm³/mol. The summed E-state index contributed by atoms with van der Waals surface area (Å²) in [5, 5.41) is 4.01. The maximum Gasteiger partial charge on any atom is 0.244 e. The molecular formula is C11H19N5O. The summed E-state index contributed by atoms with van der Waals surface area (Å²) in [6.07, 6.45) is 1.73. The van der Waals surface area contributed by atoms with E-state index in [0.29, 0.717) is 5.82 Å². The molecule has 94 valence electrons. The number of piperazine rings is 1. The number of nitrogens with two attached hydrogens (primary N) is 1. The Morgan fingerprint density at radius 1 is 1.41 bits per heavy atom. The lowest BCUT2D eigenvalue weighted by atomic mass is 10.3. The van der Waals surface area contributed by atoms with Crippen molar-refractivity contribution in [3.8, 4) is 0 Å². The molecule has 1 fully saturated rings. The van der Waals surface area contributed by atoms with Crippen molar-refractivity contribution in [2.75, 3.05) is 38.5 Å². The lowest BCUT2D eigenvalue weighted by molar-refractivity contribution is -0.133. The molecule has 1 aromatic heterocycles. The second kappa shape index (κ2) is 5.18. The quantitative estimate of drug-likeness (QED) is 0.779. The van der Waals surface area contributed by atoms with E-state index in [9.17, 15) is 4.79 Å². The Morgan fingerprint density at radius 3 is 2.65 bits per heavy atom. The minimum Gasteiger partial charge on any atom is -0.382 e. The molecule has 1 aromatic rings. The van der Waals surface area contributed by atoms with Crippen LogP contribution in [-0.2, 0) is 11.3 Å². The summed E-state index contributed by atoms with van der Waals surface area (Å²) in [5.41, 5.74) is 5.51. The van der Waals surface area contributed by atoms with E-state index in [2.05, 4.69) is 16.9 Å². The zero-order valence-electron chi connectivity index (χ0n) is 10.2. The maximum atomic E-state index is 12.0. The van der Waals surface area contributed by atoms with Crippen LogP contribution in [-0.4, -0.2) is 58.2 Å². The van der Waals surface area contributed by atoms with Gasteiger partial charge in [0.25, 0.3) is 0 Å². The highest BCUT2D eigenvalue weighted by atomic mass is 16.2. The minimum absolute atomic E-state index is 0.115. The Hall–Kier alpha value is -1.56. The van der Waals surface area contributed by atoms with E-state index in [-0.39, 0.29) is 12.5 Å². The average Bonchev–Trinajstić information content (AvgIpc) is 2.75. The van der Waals surface area contributed by atoms with Crippen molar-refractivity contribution in [1.29, 1.82) is 0 Å². The lowest BCUT2D eigenvalue weighted by Gasteiger charge is -2.34. The van der Waals surface area contributed by atoms with Gasteiger partial charge in [-0.2, -0.15) is 5.10 Å². The van der Waals surface area contributed by atoms with Crippen molar-refractivity contribution >= 4 is 11.7 Å². The van der Waals surface area contributed by atoms with Gasteiger partial charge in [0.2, 0.25) is 5.91 Å². The van der Waals surface area contributed by atoms with Crippen LogP contribution in [0.3, 0.4) is 0 Å². The van der Waals surface area contributed by atoms with Gasteiger partial charge in [-0.1, -0.05) is 6.92 Å². The van der Waals surface area contributed by atoms with Gasteiger partial charge in [-0.25, -0.2) is 0 Å². The first-order chi connectivity index (χ1) is 8.19. The lowest BCUT2D eigenvalue weighted by Crippen LogP contribution is -2.49. The van der Waals surface area contributed by atoms with Crippen LogP contribution in [0.15, 0.2) is 12.3 Å². The summed E-state index contributed by atoms with van der Waals surface area (Å²) in [6.45, 7) is 7.02. The molecule has 0 radical (unpaired) electrons. The Labute approximate surface area is 101 Å². The van der Waals surface area contributed by atoms with Crippen molar-refractivity contribution in [3.05, 3.63) is 12.3 Å². The third kappa shape index (κ3) is 2.97. The number of hydrogen-bond acceptors (Lipinski definition) is 4. The van der Waals surface area contributed by atoms with Crippen molar-refractivity contribution in [1.82, 2.24) is 19.6 Å². The molecule has 1 aliphatic rings. The number of rotatable bonds is 3. The molecule has 17 heavy (non-hydrogen) atoms. The smallest absolute Gasteiger partial charge is 0.244 e. The van der Waals surface area contributed by atoms with Crippen LogP contribution in [0, 0.1) is 0 Å². The highest BCUT2D eigenvalue weighted by Gasteiger charge is 2.20. The topological polar surface area (TPSA) is 67.4 Å².